The van der Waals surface area contributed by atoms with Gasteiger partial charge in [-0.1, -0.05) is 0 Å². The summed E-state index contributed by atoms with van der Waals surface area (Å²) in [4.78, 5) is 17.2. The van der Waals surface area contributed by atoms with Gasteiger partial charge in [0.25, 0.3) is 5.91 Å². The van der Waals surface area contributed by atoms with E-state index in [1.165, 1.54) is 6.42 Å². The zero-order valence-electron chi connectivity index (χ0n) is 13.7. The van der Waals surface area contributed by atoms with Crippen molar-refractivity contribution in [1.29, 1.82) is 0 Å². The number of likely N-dealkylation sites (N-methyl/N-ethyl adjacent to an activating group) is 1. The van der Waals surface area contributed by atoms with E-state index >= 15 is 0 Å². The molecule has 0 aromatic carbocycles. The fourth-order valence-electron chi connectivity index (χ4n) is 3.50. The minimum Gasteiger partial charge on any atom is -0.377 e. The molecular formula is C16H26N4O2. The first-order chi connectivity index (χ1) is 10.6. The zero-order chi connectivity index (χ0) is 15.7. The number of aromatic nitrogens is 2. The van der Waals surface area contributed by atoms with E-state index in [0.717, 1.165) is 13.0 Å². The van der Waals surface area contributed by atoms with Crippen LogP contribution in [0, 0.1) is 0 Å². The smallest absolute Gasteiger partial charge is 0.274 e. The van der Waals surface area contributed by atoms with Gasteiger partial charge >= 0.3 is 0 Å². The van der Waals surface area contributed by atoms with E-state index in [2.05, 4.69) is 30.9 Å². The molecule has 2 atom stereocenters. The highest BCUT2D eigenvalue weighted by Crippen LogP contribution is 2.25. The average molecular weight is 306 g/mol. The molecule has 2 saturated heterocycles. The lowest BCUT2D eigenvalue weighted by molar-refractivity contribution is -0.0235. The van der Waals surface area contributed by atoms with Gasteiger partial charge in [-0.15, -0.1) is 0 Å². The molecule has 0 spiro atoms. The highest BCUT2D eigenvalue weighted by molar-refractivity contribution is 5.92. The second-order valence-corrected chi connectivity index (χ2v) is 6.61. The highest BCUT2D eigenvalue weighted by Gasteiger charge is 2.38. The summed E-state index contributed by atoms with van der Waals surface area (Å²) in [6.45, 7) is 7.13. The van der Waals surface area contributed by atoms with Crippen molar-refractivity contribution in [3.05, 3.63) is 18.0 Å². The third kappa shape index (κ3) is 2.90. The molecule has 1 aromatic rings. The molecule has 2 aliphatic rings. The maximum atomic E-state index is 12.9. The summed E-state index contributed by atoms with van der Waals surface area (Å²) < 4.78 is 7.49. The number of morpholine rings is 1. The summed E-state index contributed by atoms with van der Waals surface area (Å²) in [6, 6.07) is 2.63. The number of rotatable bonds is 3. The Labute approximate surface area is 132 Å². The summed E-state index contributed by atoms with van der Waals surface area (Å²) >= 11 is 0. The first-order valence-electron chi connectivity index (χ1n) is 8.22. The van der Waals surface area contributed by atoms with Gasteiger partial charge in [-0.05, 0) is 46.3 Å². The molecule has 0 radical (unpaired) electrons. The molecule has 1 amide bonds. The SMILES string of the molecule is CC(C)n1ccc(C(=O)N2CCOC[C@H]2[C@@H]2CCCN2C)n1. The lowest BCUT2D eigenvalue weighted by Gasteiger charge is -2.40. The molecule has 22 heavy (non-hydrogen) atoms. The predicted molar refractivity (Wildman–Crippen MR) is 83.9 cm³/mol. The van der Waals surface area contributed by atoms with E-state index in [1.807, 2.05) is 21.8 Å². The van der Waals surface area contributed by atoms with Gasteiger partial charge in [0.05, 0.1) is 19.3 Å². The van der Waals surface area contributed by atoms with Crippen molar-refractivity contribution in [2.75, 3.05) is 33.4 Å². The van der Waals surface area contributed by atoms with Crippen LogP contribution < -0.4 is 0 Å². The van der Waals surface area contributed by atoms with Gasteiger partial charge in [0.15, 0.2) is 0 Å². The van der Waals surface area contributed by atoms with Crippen LogP contribution in [-0.4, -0.2) is 70.9 Å². The Morgan fingerprint density at radius 1 is 1.36 bits per heavy atom. The van der Waals surface area contributed by atoms with Crippen molar-refractivity contribution in [3.8, 4) is 0 Å². The summed E-state index contributed by atoms with van der Waals surface area (Å²) in [6.07, 6.45) is 4.21. The monoisotopic (exact) mass is 306 g/mol. The van der Waals surface area contributed by atoms with Crippen LogP contribution in [0.4, 0.5) is 0 Å². The number of carbonyl (C=O) groups is 1. The van der Waals surface area contributed by atoms with Crippen molar-refractivity contribution < 1.29 is 9.53 Å². The fraction of sp³-hybridized carbons (Fsp3) is 0.750. The molecule has 3 rings (SSSR count). The summed E-state index contributed by atoms with van der Waals surface area (Å²) in [5.41, 5.74) is 0.543. The molecule has 6 heteroatoms. The number of hydrogen-bond acceptors (Lipinski definition) is 4. The van der Waals surface area contributed by atoms with Crippen molar-refractivity contribution in [2.24, 2.45) is 0 Å². The summed E-state index contributed by atoms with van der Waals surface area (Å²) in [7, 11) is 2.14. The van der Waals surface area contributed by atoms with Crippen molar-refractivity contribution in [1.82, 2.24) is 19.6 Å². The van der Waals surface area contributed by atoms with E-state index in [-0.39, 0.29) is 18.0 Å². The molecule has 0 aliphatic carbocycles. The maximum absolute atomic E-state index is 12.9. The van der Waals surface area contributed by atoms with Gasteiger partial charge < -0.3 is 14.5 Å². The zero-order valence-corrected chi connectivity index (χ0v) is 13.7. The second kappa shape index (κ2) is 6.38. The quantitative estimate of drug-likeness (QED) is 0.847. The van der Waals surface area contributed by atoms with Crippen LogP contribution in [-0.2, 0) is 4.74 Å². The molecule has 3 heterocycles. The van der Waals surface area contributed by atoms with Gasteiger partial charge in [-0.2, -0.15) is 5.10 Å². The number of hydrogen-bond donors (Lipinski definition) is 0. The van der Waals surface area contributed by atoms with Crippen molar-refractivity contribution in [3.63, 3.8) is 0 Å². The van der Waals surface area contributed by atoms with E-state index < -0.39 is 0 Å². The van der Waals surface area contributed by atoms with E-state index in [0.29, 0.717) is 31.5 Å². The Kier molecular flexibility index (Phi) is 4.49. The fourth-order valence-corrected chi connectivity index (χ4v) is 3.50. The Hall–Kier alpha value is -1.40. The lowest BCUT2D eigenvalue weighted by Crippen LogP contribution is -2.56. The van der Waals surface area contributed by atoms with Crippen LogP contribution >= 0.6 is 0 Å². The Bertz CT molecular complexity index is 528. The van der Waals surface area contributed by atoms with E-state index in [9.17, 15) is 4.79 Å². The number of ether oxygens (including phenoxy) is 1. The standard InChI is InChI=1S/C16H26N4O2/c1-12(2)20-8-6-13(17-20)16(21)19-9-10-22-11-15(19)14-5-4-7-18(14)3/h6,8,12,14-15H,4-5,7,9-11H2,1-3H3/t14-,15-/m0/s1. The summed E-state index contributed by atoms with van der Waals surface area (Å²) in [5.74, 6) is 0.0352. The third-order valence-electron chi connectivity index (χ3n) is 4.80. The van der Waals surface area contributed by atoms with Gasteiger partial charge in [-0.3, -0.25) is 9.48 Å². The minimum absolute atomic E-state index is 0.0352. The highest BCUT2D eigenvalue weighted by atomic mass is 16.5. The van der Waals surface area contributed by atoms with E-state index in [1.54, 1.807) is 0 Å². The van der Waals surface area contributed by atoms with E-state index in [4.69, 9.17) is 4.74 Å². The Balaban J connectivity index is 1.78. The molecule has 0 unspecified atom stereocenters. The van der Waals surface area contributed by atoms with Gasteiger partial charge in [0.1, 0.15) is 5.69 Å². The van der Waals surface area contributed by atoms with Crippen molar-refractivity contribution in [2.45, 2.75) is 44.8 Å². The van der Waals surface area contributed by atoms with Gasteiger partial charge in [0, 0.05) is 24.8 Å². The normalized spacial score (nSPS) is 26.8. The molecular weight excluding hydrogens is 280 g/mol. The van der Waals surface area contributed by atoms with Crippen LogP contribution in [0.3, 0.4) is 0 Å². The molecule has 122 valence electrons. The molecule has 2 aliphatic heterocycles. The first kappa shape index (κ1) is 15.5. The number of nitrogens with zero attached hydrogens (tertiary/aromatic N) is 4. The number of likely N-dealkylation sites (tertiary alicyclic amines) is 1. The van der Waals surface area contributed by atoms with Crippen LogP contribution in [0.25, 0.3) is 0 Å². The molecule has 1 aromatic heterocycles. The number of amides is 1. The lowest BCUT2D eigenvalue weighted by atomic mass is 10.0. The van der Waals surface area contributed by atoms with Crippen LogP contribution in [0.2, 0.25) is 0 Å². The van der Waals surface area contributed by atoms with Crippen LogP contribution in [0.1, 0.15) is 43.2 Å². The predicted octanol–water partition coefficient (Wildman–Crippen LogP) is 1.40. The second-order valence-electron chi connectivity index (χ2n) is 6.61. The molecule has 2 fully saturated rings. The largest absolute Gasteiger partial charge is 0.377 e. The Morgan fingerprint density at radius 2 is 2.18 bits per heavy atom. The minimum atomic E-state index is 0.0352. The maximum Gasteiger partial charge on any atom is 0.274 e. The summed E-state index contributed by atoms with van der Waals surface area (Å²) in [5, 5.41) is 4.44. The molecule has 0 bridgehead atoms. The molecule has 0 N–H and O–H groups in total. The third-order valence-corrected chi connectivity index (χ3v) is 4.80. The van der Waals surface area contributed by atoms with Gasteiger partial charge in [0.2, 0.25) is 0 Å². The molecule has 0 saturated carbocycles. The topological polar surface area (TPSA) is 50.6 Å². The van der Waals surface area contributed by atoms with Gasteiger partial charge in [-0.25, -0.2) is 0 Å². The van der Waals surface area contributed by atoms with Crippen molar-refractivity contribution >= 4 is 5.91 Å². The average Bonchev–Trinajstić information content (AvgIpc) is 3.15. The number of carbonyl (C=O) groups excluding carboxylic acids is 1. The molecule has 6 nitrogen and oxygen atoms in total. The first-order valence-corrected chi connectivity index (χ1v) is 8.22. The Morgan fingerprint density at radius 3 is 2.82 bits per heavy atom. The van der Waals surface area contributed by atoms with Crippen LogP contribution in [0.15, 0.2) is 12.3 Å². The van der Waals surface area contributed by atoms with Crippen LogP contribution in [0.5, 0.6) is 0 Å².